The average Bonchev–Trinajstić information content (AvgIpc) is 2.64. The molecule has 0 heterocycles. The topological polar surface area (TPSA) is 59.1 Å². The molecule has 0 spiro atoms. The maximum absolute atomic E-state index is 12.0. The van der Waals surface area contributed by atoms with Gasteiger partial charge < -0.3 is 9.47 Å². The lowest BCUT2D eigenvalue weighted by Crippen LogP contribution is -2.24. The highest BCUT2D eigenvalue weighted by molar-refractivity contribution is 7.89. The second-order valence-electron chi connectivity index (χ2n) is 6.42. The van der Waals surface area contributed by atoms with E-state index < -0.39 is 10.0 Å². The van der Waals surface area contributed by atoms with E-state index in [4.69, 9.17) is 9.47 Å². The van der Waals surface area contributed by atoms with Gasteiger partial charge in [0.15, 0.2) is 0 Å². The SMILES string of the molecule is CCOc1ccc(CN(C)CCOc2ccc(S(=O)(=O)N(C)C)cc2)cc1. The highest BCUT2D eigenvalue weighted by Gasteiger charge is 2.16. The van der Waals surface area contributed by atoms with E-state index in [0.717, 1.165) is 18.8 Å². The summed E-state index contributed by atoms with van der Waals surface area (Å²) < 4.78 is 36.5. The van der Waals surface area contributed by atoms with E-state index in [1.807, 2.05) is 26.1 Å². The summed E-state index contributed by atoms with van der Waals surface area (Å²) in [6.07, 6.45) is 0. The highest BCUT2D eigenvalue weighted by Crippen LogP contribution is 2.18. The van der Waals surface area contributed by atoms with Gasteiger partial charge in [0.2, 0.25) is 10.0 Å². The van der Waals surface area contributed by atoms with Crippen molar-refractivity contribution in [2.24, 2.45) is 0 Å². The van der Waals surface area contributed by atoms with Crippen LogP contribution in [0.15, 0.2) is 53.4 Å². The summed E-state index contributed by atoms with van der Waals surface area (Å²) in [5.41, 5.74) is 1.21. The molecule has 0 aliphatic heterocycles. The third-order valence-corrected chi connectivity index (χ3v) is 5.86. The average molecular weight is 393 g/mol. The van der Waals surface area contributed by atoms with Crippen molar-refractivity contribution in [3.8, 4) is 11.5 Å². The quantitative estimate of drug-likeness (QED) is 0.622. The Kier molecular flexibility index (Phi) is 7.65. The normalized spacial score (nSPS) is 11.8. The summed E-state index contributed by atoms with van der Waals surface area (Å²) in [6, 6.07) is 14.6. The van der Waals surface area contributed by atoms with Crippen molar-refractivity contribution in [2.45, 2.75) is 18.4 Å². The van der Waals surface area contributed by atoms with Crippen LogP contribution in [0.3, 0.4) is 0 Å². The molecule has 0 saturated carbocycles. The molecule has 0 radical (unpaired) electrons. The van der Waals surface area contributed by atoms with E-state index in [9.17, 15) is 8.42 Å². The van der Waals surface area contributed by atoms with Crippen LogP contribution in [0.4, 0.5) is 0 Å². The molecule has 0 aliphatic carbocycles. The Labute approximate surface area is 162 Å². The van der Waals surface area contributed by atoms with Crippen LogP contribution in [0.2, 0.25) is 0 Å². The third kappa shape index (κ3) is 6.23. The molecule has 148 valence electrons. The first kappa shape index (κ1) is 21.2. The fourth-order valence-electron chi connectivity index (χ4n) is 2.49. The van der Waals surface area contributed by atoms with Crippen molar-refractivity contribution in [1.82, 2.24) is 9.21 Å². The Morgan fingerprint density at radius 2 is 1.41 bits per heavy atom. The molecule has 0 atom stereocenters. The largest absolute Gasteiger partial charge is 0.494 e. The van der Waals surface area contributed by atoms with Gasteiger partial charge in [0.1, 0.15) is 18.1 Å². The molecule has 2 aromatic carbocycles. The summed E-state index contributed by atoms with van der Waals surface area (Å²) in [5.74, 6) is 1.54. The summed E-state index contributed by atoms with van der Waals surface area (Å²) in [7, 11) is 1.65. The first-order valence-corrected chi connectivity index (χ1v) is 10.3. The van der Waals surface area contributed by atoms with Crippen molar-refractivity contribution in [2.75, 3.05) is 40.9 Å². The van der Waals surface area contributed by atoms with E-state index in [0.29, 0.717) is 19.0 Å². The summed E-state index contributed by atoms with van der Waals surface area (Å²) >= 11 is 0. The molecule has 0 aromatic heterocycles. The molecule has 0 unspecified atom stereocenters. The number of benzene rings is 2. The van der Waals surface area contributed by atoms with Crippen LogP contribution in [-0.4, -0.2) is 58.5 Å². The van der Waals surface area contributed by atoms with Crippen LogP contribution in [0.25, 0.3) is 0 Å². The first-order valence-electron chi connectivity index (χ1n) is 8.88. The predicted octanol–water partition coefficient (Wildman–Crippen LogP) is 2.85. The monoisotopic (exact) mass is 392 g/mol. The van der Waals surface area contributed by atoms with Gasteiger partial charge in [-0.05, 0) is 55.9 Å². The van der Waals surface area contributed by atoms with Crippen molar-refractivity contribution in [1.29, 1.82) is 0 Å². The molecule has 0 aliphatic rings. The van der Waals surface area contributed by atoms with Crippen molar-refractivity contribution in [3.05, 3.63) is 54.1 Å². The van der Waals surface area contributed by atoms with Crippen molar-refractivity contribution in [3.63, 3.8) is 0 Å². The second kappa shape index (κ2) is 9.73. The van der Waals surface area contributed by atoms with E-state index >= 15 is 0 Å². The van der Waals surface area contributed by atoms with Crippen molar-refractivity contribution < 1.29 is 17.9 Å². The van der Waals surface area contributed by atoms with Gasteiger partial charge in [-0.2, -0.15) is 0 Å². The van der Waals surface area contributed by atoms with Gasteiger partial charge in [-0.1, -0.05) is 12.1 Å². The van der Waals surface area contributed by atoms with Gasteiger partial charge in [-0.3, -0.25) is 4.90 Å². The molecule has 2 aromatic rings. The highest BCUT2D eigenvalue weighted by atomic mass is 32.2. The van der Waals surface area contributed by atoms with Gasteiger partial charge in [0.25, 0.3) is 0 Å². The Hall–Kier alpha value is -2.09. The molecule has 0 amide bonds. The van der Waals surface area contributed by atoms with E-state index in [1.165, 1.54) is 24.0 Å². The summed E-state index contributed by atoms with van der Waals surface area (Å²) in [6.45, 7) is 4.73. The standard InChI is InChI=1S/C20H28N2O4S/c1-5-25-18-8-6-17(7-9-18)16-22(4)14-15-26-19-10-12-20(13-11-19)27(23,24)21(2)3/h6-13H,5,14-16H2,1-4H3. The number of likely N-dealkylation sites (N-methyl/N-ethyl adjacent to an activating group) is 1. The molecule has 7 heteroatoms. The number of ether oxygens (including phenoxy) is 2. The molecule has 6 nitrogen and oxygen atoms in total. The molecule has 2 rings (SSSR count). The van der Waals surface area contributed by atoms with E-state index in [2.05, 4.69) is 17.0 Å². The lowest BCUT2D eigenvalue weighted by Gasteiger charge is -2.17. The summed E-state index contributed by atoms with van der Waals surface area (Å²) in [4.78, 5) is 2.42. The number of hydrogen-bond donors (Lipinski definition) is 0. The minimum Gasteiger partial charge on any atom is -0.494 e. The molecular weight excluding hydrogens is 364 g/mol. The maximum atomic E-state index is 12.0. The molecular formula is C20H28N2O4S. The minimum absolute atomic E-state index is 0.257. The fraction of sp³-hybridized carbons (Fsp3) is 0.400. The number of rotatable bonds is 10. The zero-order valence-corrected chi connectivity index (χ0v) is 17.2. The minimum atomic E-state index is -3.41. The Bertz CT molecular complexity index is 803. The Morgan fingerprint density at radius 1 is 0.852 bits per heavy atom. The third-order valence-electron chi connectivity index (χ3n) is 4.03. The van der Waals surface area contributed by atoms with Gasteiger partial charge in [-0.25, -0.2) is 12.7 Å². The van der Waals surface area contributed by atoms with Crippen LogP contribution in [0, 0.1) is 0 Å². The van der Waals surface area contributed by atoms with E-state index in [-0.39, 0.29) is 4.90 Å². The van der Waals surface area contributed by atoms with Gasteiger partial charge in [0, 0.05) is 27.2 Å². The Balaban J connectivity index is 1.80. The molecule has 0 fully saturated rings. The zero-order valence-electron chi connectivity index (χ0n) is 16.4. The van der Waals surface area contributed by atoms with Gasteiger partial charge in [-0.15, -0.1) is 0 Å². The van der Waals surface area contributed by atoms with Crippen LogP contribution >= 0.6 is 0 Å². The Morgan fingerprint density at radius 3 is 1.96 bits per heavy atom. The maximum Gasteiger partial charge on any atom is 0.242 e. The molecule has 0 N–H and O–H groups in total. The van der Waals surface area contributed by atoms with Crippen LogP contribution in [-0.2, 0) is 16.6 Å². The fourth-order valence-corrected chi connectivity index (χ4v) is 3.39. The van der Waals surface area contributed by atoms with Crippen molar-refractivity contribution >= 4 is 10.0 Å². The molecule has 0 bridgehead atoms. The first-order chi connectivity index (χ1) is 12.8. The van der Waals surface area contributed by atoms with Gasteiger partial charge in [0.05, 0.1) is 11.5 Å². The zero-order chi connectivity index (χ0) is 19.9. The van der Waals surface area contributed by atoms with Crippen LogP contribution in [0.5, 0.6) is 11.5 Å². The van der Waals surface area contributed by atoms with Crippen LogP contribution in [0.1, 0.15) is 12.5 Å². The van der Waals surface area contributed by atoms with Crippen LogP contribution < -0.4 is 9.47 Å². The lowest BCUT2D eigenvalue weighted by atomic mass is 10.2. The second-order valence-corrected chi connectivity index (χ2v) is 8.57. The number of nitrogens with zero attached hydrogens (tertiary/aromatic N) is 2. The molecule has 0 saturated heterocycles. The molecule has 27 heavy (non-hydrogen) atoms. The number of sulfonamides is 1. The lowest BCUT2D eigenvalue weighted by molar-refractivity contribution is 0.232. The summed E-state index contributed by atoms with van der Waals surface area (Å²) in [5, 5.41) is 0. The predicted molar refractivity (Wildman–Crippen MR) is 107 cm³/mol. The van der Waals surface area contributed by atoms with E-state index in [1.54, 1.807) is 24.3 Å². The van der Waals surface area contributed by atoms with Gasteiger partial charge >= 0.3 is 0 Å². The number of hydrogen-bond acceptors (Lipinski definition) is 5. The smallest absolute Gasteiger partial charge is 0.242 e.